The molecule has 2 aromatic rings. The van der Waals surface area contributed by atoms with Crippen LogP contribution >= 0.6 is 11.8 Å². The molecule has 2 unspecified atom stereocenters. The maximum Gasteiger partial charge on any atom is 0.232 e. The number of carbonyl (C=O) groups is 1. The van der Waals surface area contributed by atoms with Crippen LogP contribution in [0.4, 0.5) is 5.82 Å². The number of rotatable bonds is 6. The summed E-state index contributed by atoms with van der Waals surface area (Å²) in [4.78, 5) is 26.0. The Morgan fingerprint density at radius 2 is 1.90 bits per heavy atom. The summed E-state index contributed by atoms with van der Waals surface area (Å²) in [6.07, 6.45) is 1.84. The van der Waals surface area contributed by atoms with Gasteiger partial charge in [-0.1, -0.05) is 23.8 Å². The molecule has 1 aromatic carbocycles. The smallest absolute Gasteiger partial charge is 0.232 e. The predicted octanol–water partition coefficient (Wildman–Crippen LogP) is 3.01. The molecule has 2 aliphatic rings. The number of thioether (sulfide) groups is 1. The topological polar surface area (TPSA) is 58.0 Å². The van der Waals surface area contributed by atoms with Crippen LogP contribution in [0, 0.1) is 6.92 Å². The summed E-state index contributed by atoms with van der Waals surface area (Å²) in [7, 11) is 0. The summed E-state index contributed by atoms with van der Waals surface area (Å²) in [5.74, 6) is 3.18. The monoisotopic (exact) mass is 424 g/mol. The average molecular weight is 425 g/mol. The molecular formula is C23H28N4O2S. The van der Waals surface area contributed by atoms with Gasteiger partial charge in [0, 0.05) is 43.7 Å². The summed E-state index contributed by atoms with van der Waals surface area (Å²) in [5, 5.41) is 0. The molecular weight excluding hydrogens is 396 g/mol. The van der Waals surface area contributed by atoms with Crippen molar-refractivity contribution in [3.05, 3.63) is 59.8 Å². The maximum absolute atomic E-state index is 12.6. The number of hydrogen-bond acceptors (Lipinski definition) is 6. The fourth-order valence-corrected chi connectivity index (χ4v) is 4.70. The first-order valence-electron chi connectivity index (χ1n) is 10.4. The Kier molecular flexibility index (Phi) is 6.57. The molecule has 2 aliphatic heterocycles. The molecule has 2 atom stereocenters. The first-order valence-corrected chi connectivity index (χ1v) is 11.6. The van der Waals surface area contributed by atoms with E-state index in [0.29, 0.717) is 11.7 Å². The minimum absolute atomic E-state index is 0.0332. The van der Waals surface area contributed by atoms with Gasteiger partial charge < -0.3 is 14.5 Å². The molecule has 1 saturated heterocycles. The number of pyridine rings is 1. The van der Waals surface area contributed by atoms with Gasteiger partial charge in [-0.15, -0.1) is 11.8 Å². The fraction of sp³-hybridized carbons (Fsp3) is 0.435. The Bertz CT molecular complexity index is 880. The van der Waals surface area contributed by atoms with E-state index in [-0.39, 0.29) is 18.1 Å². The number of piperazine rings is 1. The minimum atomic E-state index is 0.0332. The number of ether oxygens (including phenoxy) is 1. The highest BCUT2D eigenvalue weighted by Gasteiger charge is 2.28. The van der Waals surface area contributed by atoms with Crippen molar-refractivity contribution < 1.29 is 9.53 Å². The van der Waals surface area contributed by atoms with E-state index in [0.717, 1.165) is 43.3 Å². The Morgan fingerprint density at radius 1 is 1.13 bits per heavy atom. The minimum Gasteiger partial charge on any atom is -0.472 e. The Labute approximate surface area is 182 Å². The average Bonchev–Trinajstić information content (AvgIpc) is 3.15. The largest absolute Gasteiger partial charge is 0.472 e. The first-order chi connectivity index (χ1) is 14.6. The van der Waals surface area contributed by atoms with Crippen LogP contribution in [0.15, 0.2) is 53.7 Å². The quantitative estimate of drug-likeness (QED) is 0.714. The molecule has 30 heavy (non-hydrogen) atoms. The van der Waals surface area contributed by atoms with E-state index >= 15 is 0 Å². The van der Waals surface area contributed by atoms with Crippen molar-refractivity contribution in [3.8, 4) is 0 Å². The van der Waals surface area contributed by atoms with Crippen LogP contribution in [-0.4, -0.2) is 71.5 Å². The molecule has 0 bridgehead atoms. The van der Waals surface area contributed by atoms with Crippen molar-refractivity contribution in [2.24, 2.45) is 4.99 Å². The molecule has 3 heterocycles. The van der Waals surface area contributed by atoms with E-state index in [2.05, 4.69) is 35.9 Å². The lowest BCUT2D eigenvalue weighted by atomic mass is 10.1. The summed E-state index contributed by atoms with van der Waals surface area (Å²) in [5.41, 5.74) is 2.23. The van der Waals surface area contributed by atoms with E-state index in [4.69, 9.17) is 9.73 Å². The maximum atomic E-state index is 12.6. The van der Waals surface area contributed by atoms with Gasteiger partial charge in [-0.05, 0) is 38.1 Å². The van der Waals surface area contributed by atoms with Crippen LogP contribution in [0.3, 0.4) is 0 Å². The van der Waals surface area contributed by atoms with Crippen LogP contribution in [0.25, 0.3) is 0 Å². The van der Waals surface area contributed by atoms with Gasteiger partial charge in [-0.2, -0.15) is 0 Å². The highest BCUT2D eigenvalue weighted by Crippen LogP contribution is 2.22. The molecule has 1 aromatic heterocycles. The molecule has 1 fully saturated rings. The number of carbonyl (C=O) groups excluding carboxylic acids is 1. The molecule has 0 radical (unpaired) electrons. The van der Waals surface area contributed by atoms with Crippen molar-refractivity contribution in [3.63, 3.8) is 0 Å². The van der Waals surface area contributed by atoms with Gasteiger partial charge in [0.05, 0.1) is 11.8 Å². The molecule has 7 heteroatoms. The third-order valence-electron chi connectivity index (χ3n) is 5.54. The highest BCUT2D eigenvalue weighted by molar-refractivity contribution is 8.00. The number of amides is 1. The lowest BCUT2D eigenvalue weighted by Gasteiger charge is -2.35. The predicted molar refractivity (Wildman–Crippen MR) is 122 cm³/mol. The normalized spacial score (nSPS) is 21.3. The second kappa shape index (κ2) is 9.51. The van der Waals surface area contributed by atoms with Crippen LogP contribution < -0.4 is 4.90 Å². The Balaban J connectivity index is 1.22. The molecule has 0 N–H and O–H groups in total. The third kappa shape index (κ3) is 4.95. The zero-order chi connectivity index (χ0) is 20.9. The highest BCUT2D eigenvalue weighted by atomic mass is 32.2. The summed E-state index contributed by atoms with van der Waals surface area (Å²) in [6.45, 7) is 7.26. The molecule has 0 spiro atoms. The van der Waals surface area contributed by atoms with E-state index in [1.807, 2.05) is 41.4 Å². The van der Waals surface area contributed by atoms with Gasteiger partial charge in [0.25, 0.3) is 0 Å². The third-order valence-corrected chi connectivity index (χ3v) is 6.57. The zero-order valence-electron chi connectivity index (χ0n) is 17.5. The number of aromatic nitrogens is 1. The number of hydrogen-bond donors (Lipinski definition) is 0. The van der Waals surface area contributed by atoms with E-state index in [1.54, 1.807) is 11.8 Å². The Hall–Kier alpha value is -2.54. The van der Waals surface area contributed by atoms with Gasteiger partial charge in [0.15, 0.2) is 0 Å². The SMILES string of the molecule is Cc1ccc(C2=NC(CSCC(=O)N3CCN(c4ccccn4)CC3)C(C)O2)cc1. The summed E-state index contributed by atoms with van der Waals surface area (Å²) in [6, 6.07) is 14.3. The van der Waals surface area contributed by atoms with E-state index in [9.17, 15) is 4.79 Å². The second-order valence-electron chi connectivity index (χ2n) is 7.76. The first kappa shape index (κ1) is 20.7. The molecule has 4 rings (SSSR count). The lowest BCUT2D eigenvalue weighted by Crippen LogP contribution is -2.49. The second-order valence-corrected chi connectivity index (χ2v) is 8.79. The summed E-state index contributed by atoms with van der Waals surface area (Å²) < 4.78 is 5.96. The van der Waals surface area contributed by atoms with Gasteiger partial charge in [0.2, 0.25) is 11.8 Å². The van der Waals surface area contributed by atoms with Crippen molar-refractivity contribution in [1.29, 1.82) is 0 Å². The van der Waals surface area contributed by atoms with Crippen molar-refractivity contribution >= 4 is 29.4 Å². The number of aliphatic imine (C=N–C) groups is 1. The van der Waals surface area contributed by atoms with Crippen molar-refractivity contribution in [2.45, 2.75) is 26.0 Å². The molecule has 0 saturated carbocycles. The number of aryl methyl sites for hydroxylation is 1. The van der Waals surface area contributed by atoms with Gasteiger partial charge in [-0.25, -0.2) is 9.98 Å². The standard InChI is InChI=1S/C23H28N4O2S/c1-17-6-8-19(9-7-17)23-25-20(18(2)29-23)15-30-16-22(28)27-13-11-26(12-14-27)21-5-3-4-10-24-21/h3-10,18,20H,11-16H2,1-2H3. The van der Waals surface area contributed by atoms with Gasteiger partial charge >= 0.3 is 0 Å². The molecule has 158 valence electrons. The number of anilines is 1. The molecule has 0 aliphatic carbocycles. The number of nitrogens with zero attached hydrogens (tertiary/aromatic N) is 4. The zero-order valence-corrected chi connectivity index (χ0v) is 18.3. The number of benzene rings is 1. The van der Waals surface area contributed by atoms with Gasteiger partial charge in [-0.3, -0.25) is 4.79 Å². The van der Waals surface area contributed by atoms with Crippen LogP contribution in [0.5, 0.6) is 0 Å². The van der Waals surface area contributed by atoms with E-state index in [1.165, 1.54) is 5.56 Å². The van der Waals surface area contributed by atoms with Crippen molar-refractivity contribution in [1.82, 2.24) is 9.88 Å². The van der Waals surface area contributed by atoms with Crippen molar-refractivity contribution in [2.75, 3.05) is 42.6 Å². The summed E-state index contributed by atoms with van der Waals surface area (Å²) >= 11 is 1.65. The fourth-order valence-electron chi connectivity index (χ4n) is 3.64. The molecule has 6 nitrogen and oxygen atoms in total. The van der Waals surface area contributed by atoms with E-state index < -0.39 is 0 Å². The van der Waals surface area contributed by atoms with Crippen LogP contribution in [0.1, 0.15) is 18.1 Å². The van der Waals surface area contributed by atoms with Gasteiger partial charge in [0.1, 0.15) is 11.9 Å². The van der Waals surface area contributed by atoms with Crippen LogP contribution in [0.2, 0.25) is 0 Å². The lowest BCUT2D eigenvalue weighted by molar-refractivity contribution is -0.128. The van der Waals surface area contributed by atoms with Crippen LogP contribution in [-0.2, 0) is 9.53 Å². The Morgan fingerprint density at radius 3 is 2.60 bits per heavy atom. The molecule has 1 amide bonds.